The minimum absolute atomic E-state index is 0.207. The first-order chi connectivity index (χ1) is 19.1. The quantitative estimate of drug-likeness (QED) is 0.236. The van der Waals surface area contributed by atoms with Gasteiger partial charge in [-0.15, -0.1) is 11.3 Å². The molecule has 0 radical (unpaired) electrons. The average molecular weight is 580 g/mol. The lowest BCUT2D eigenvalue weighted by atomic mass is 9.81. The van der Waals surface area contributed by atoms with Crippen molar-refractivity contribution in [3.8, 4) is 21.1 Å². The van der Waals surface area contributed by atoms with Crippen molar-refractivity contribution < 1.29 is 17.9 Å². The van der Waals surface area contributed by atoms with E-state index in [1.807, 2.05) is 32.0 Å². The summed E-state index contributed by atoms with van der Waals surface area (Å²) in [6.07, 6.45) is 9.69. The fourth-order valence-electron chi connectivity index (χ4n) is 4.97. The van der Waals surface area contributed by atoms with Gasteiger partial charge in [0.1, 0.15) is 22.6 Å². The Hall–Kier alpha value is -3.28. The summed E-state index contributed by atoms with van der Waals surface area (Å²) in [6, 6.07) is 7.06. The lowest BCUT2D eigenvalue weighted by Gasteiger charge is -2.24. The molecule has 1 aromatic carbocycles. The van der Waals surface area contributed by atoms with Crippen LogP contribution in [0.2, 0.25) is 0 Å². The normalized spacial score (nSPS) is 14.4. The molecule has 40 heavy (non-hydrogen) atoms. The Balaban J connectivity index is 1.60. The summed E-state index contributed by atoms with van der Waals surface area (Å²) in [7, 11) is -3.72. The van der Waals surface area contributed by atoms with Gasteiger partial charge in [-0.2, -0.15) is 0 Å². The summed E-state index contributed by atoms with van der Waals surface area (Å²) in [5.74, 6) is 0.582. The molecule has 1 aliphatic rings. The Bertz CT molecular complexity index is 1650. The van der Waals surface area contributed by atoms with Crippen LogP contribution in [0.4, 0.5) is 0 Å². The number of hydrogen-bond acceptors (Lipinski definition) is 9. The summed E-state index contributed by atoms with van der Waals surface area (Å²) >= 11 is 1.54. The maximum absolute atomic E-state index is 13.1. The second-order valence-electron chi connectivity index (χ2n) is 11.1. The van der Waals surface area contributed by atoms with Crippen LogP contribution in [0.1, 0.15) is 58.3 Å². The van der Waals surface area contributed by atoms with Crippen molar-refractivity contribution in [2.45, 2.75) is 76.3 Å². The van der Waals surface area contributed by atoms with Crippen LogP contribution in [-0.2, 0) is 32.4 Å². The van der Waals surface area contributed by atoms with E-state index in [0.29, 0.717) is 29.9 Å². The van der Waals surface area contributed by atoms with E-state index in [9.17, 15) is 13.2 Å². The van der Waals surface area contributed by atoms with Gasteiger partial charge in [0.05, 0.1) is 15.5 Å². The lowest BCUT2D eigenvalue weighted by molar-refractivity contribution is -0.140. The van der Waals surface area contributed by atoms with E-state index in [0.717, 1.165) is 38.6 Å². The zero-order chi connectivity index (χ0) is 28.5. The number of fused-ring (bicyclic) bond motifs is 1. The highest BCUT2D eigenvalue weighted by Gasteiger charge is 2.26. The van der Waals surface area contributed by atoms with Gasteiger partial charge in [0.25, 0.3) is 6.47 Å². The number of aromatic nitrogens is 4. The largest absolute Gasteiger partial charge is 0.461 e. The Morgan fingerprint density at radius 2 is 1.98 bits per heavy atom. The van der Waals surface area contributed by atoms with Crippen LogP contribution in [0.5, 0.6) is 0 Å². The van der Waals surface area contributed by atoms with Crippen molar-refractivity contribution >= 4 is 38.6 Å². The molecule has 5 rings (SSSR count). The molecule has 1 N–H and O–H groups in total. The van der Waals surface area contributed by atoms with Crippen LogP contribution in [-0.4, -0.2) is 46.5 Å². The monoisotopic (exact) mass is 579 g/mol. The van der Waals surface area contributed by atoms with Crippen LogP contribution < -0.4 is 4.72 Å². The number of sulfonamides is 1. The highest BCUT2D eigenvalue weighted by Crippen LogP contribution is 2.42. The zero-order valence-corrected chi connectivity index (χ0v) is 24.7. The lowest BCUT2D eigenvalue weighted by Crippen LogP contribution is -2.30. The van der Waals surface area contributed by atoms with Crippen LogP contribution in [0, 0.1) is 5.92 Å². The van der Waals surface area contributed by atoms with E-state index >= 15 is 0 Å². The number of thiazole rings is 1. The number of carbonyl (C=O) groups excluding carboxylic acids is 1. The molecule has 0 bridgehead atoms. The third kappa shape index (κ3) is 6.06. The molecule has 0 spiro atoms. The molecular weight excluding hydrogens is 546 g/mol. The van der Waals surface area contributed by atoms with Crippen LogP contribution in [0.3, 0.4) is 0 Å². The van der Waals surface area contributed by atoms with Gasteiger partial charge < -0.3 is 4.74 Å². The van der Waals surface area contributed by atoms with Gasteiger partial charge in [-0.1, -0.05) is 25.3 Å². The number of benzene rings is 1. The molecule has 3 heterocycles. The molecule has 0 aliphatic heterocycles. The maximum Gasteiger partial charge on any atom is 0.293 e. The van der Waals surface area contributed by atoms with Gasteiger partial charge in [0, 0.05) is 41.5 Å². The standard InChI is InChI=1S/C29H33N5O4S2/c1-18(2)34-40(36,37)26-9-8-22(21-10-11-30-15-23(21)26)27-24(12-19-6-5-7-19)33-28(39-27)25-13-20(31-16-32-25)14-29(3,4)38-17-35/h8-11,13,15-19,34H,5-7,12,14H2,1-4H3. The summed E-state index contributed by atoms with van der Waals surface area (Å²) in [4.78, 5) is 30.3. The molecule has 1 saturated carbocycles. The second kappa shape index (κ2) is 11.3. The van der Waals surface area contributed by atoms with E-state index in [1.54, 1.807) is 43.6 Å². The van der Waals surface area contributed by atoms with Crippen molar-refractivity contribution in [3.05, 3.63) is 54.4 Å². The molecule has 4 aromatic rings. The minimum atomic E-state index is -3.72. The molecule has 1 fully saturated rings. The van der Waals surface area contributed by atoms with Crippen molar-refractivity contribution in [1.29, 1.82) is 0 Å². The third-order valence-corrected chi connectivity index (χ3v) is 9.89. The molecular formula is C29H33N5O4S2. The molecule has 0 saturated heterocycles. The van der Waals surface area contributed by atoms with Gasteiger partial charge in [-0.3, -0.25) is 9.78 Å². The smallest absolute Gasteiger partial charge is 0.293 e. The molecule has 210 valence electrons. The van der Waals surface area contributed by atoms with Crippen molar-refractivity contribution in [2.75, 3.05) is 0 Å². The third-order valence-electron chi connectivity index (χ3n) is 7.02. The number of rotatable bonds is 11. The Morgan fingerprint density at radius 3 is 2.67 bits per heavy atom. The summed E-state index contributed by atoms with van der Waals surface area (Å²) in [5.41, 5.74) is 2.66. The zero-order valence-electron chi connectivity index (χ0n) is 23.0. The number of ether oxygens (including phenoxy) is 1. The van der Waals surface area contributed by atoms with E-state index in [2.05, 4.69) is 19.7 Å². The first-order valence-electron chi connectivity index (χ1n) is 13.4. The first kappa shape index (κ1) is 28.3. The minimum Gasteiger partial charge on any atom is -0.461 e. The average Bonchev–Trinajstić information content (AvgIpc) is 3.28. The van der Waals surface area contributed by atoms with Gasteiger partial charge in [-0.05, 0) is 63.6 Å². The molecule has 1 aliphatic carbocycles. The van der Waals surface area contributed by atoms with Crippen molar-refractivity contribution in [1.82, 2.24) is 24.7 Å². The SMILES string of the molecule is CC(C)NS(=O)(=O)c1ccc(-c2sc(-c3cc(CC(C)(C)OC=O)ncn3)nc2CC2CCC2)c2ccncc12. The molecule has 9 nitrogen and oxygen atoms in total. The van der Waals surface area contributed by atoms with Crippen molar-refractivity contribution in [3.63, 3.8) is 0 Å². The fourth-order valence-corrected chi connectivity index (χ4v) is 7.52. The van der Waals surface area contributed by atoms with Gasteiger partial charge in [0.2, 0.25) is 10.0 Å². The highest BCUT2D eigenvalue weighted by molar-refractivity contribution is 7.89. The number of nitrogens with zero attached hydrogens (tertiary/aromatic N) is 4. The molecule has 11 heteroatoms. The van der Waals surface area contributed by atoms with Crippen LogP contribution in [0.25, 0.3) is 31.9 Å². The molecule has 0 amide bonds. The van der Waals surface area contributed by atoms with Crippen LogP contribution in [0.15, 0.2) is 47.9 Å². The molecule has 3 aromatic heterocycles. The van der Waals surface area contributed by atoms with Gasteiger partial charge in [0.15, 0.2) is 0 Å². The second-order valence-corrected chi connectivity index (χ2v) is 13.8. The van der Waals surface area contributed by atoms with E-state index < -0.39 is 15.6 Å². The number of pyridine rings is 1. The predicted octanol–water partition coefficient (Wildman–Crippen LogP) is 5.34. The van der Waals surface area contributed by atoms with Crippen molar-refractivity contribution in [2.24, 2.45) is 5.92 Å². The summed E-state index contributed by atoms with van der Waals surface area (Å²) < 4.78 is 34.2. The van der Waals surface area contributed by atoms with E-state index in [4.69, 9.17) is 9.72 Å². The van der Waals surface area contributed by atoms with Gasteiger partial charge in [-0.25, -0.2) is 28.1 Å². The van der Waals surface area contributed by atoms with E-state index in [1.165, 1.54) is 25.6 Å². The first-order valence-corrected chi connectivity index (χ1v) is 15.7. The maximum atomic E-state index is 13.1. The topological polar surface area (TPSA) is 124 Å². The summed E-state index contributed by atoms with van der Waals surface area (Å²) in [6.45, 7) is 7.72. The number of carbonyl (C=O) groups is 1. The Morgan fingerprint density at radius 1 is 1.18 bits per heavy atom. The van der Waals surface area contributed by atoms with Crippen LogP contribution >= 0.6 is 11.3 Å². The van der Waals surface area contributed by atoms with Gasteiger partial charge >= 0.3 is 0 Å². The number of nitrogens with one attached hydrogen (secondary N) is 1. The highest BCUT2D eigenvalue weighted by atomic mass is 32.2. The Labute approximate surface area is 238 Å². The summed E-state index contributed by atoms with van der Waals surface area (Å²) in [5, 5.41) is 2.14. The fraction of sp³-hybridized carbons (Fsp3) is 0.414. The number of hydrogen-bond donors (Lipinski definition) is 1. The Kier molecular flexibility index (Phi) is 7.98. The van der Waals surface area contributed by atoms with E-state index in [-0.39, 0.29) is 10.9 Å². The molecule has 0 atom stereocenters. The molecule has 0 unspecified atom stereocenters. The predicted molar refractivity (Wildman–Crippen MR) is 155 cm³/mol.